The smallest absolute Gasteiger partial charge is 0.249 e. The normalized spacial score (nSPS) is 19.2. The fourth-order valence-electron chi connectivity index (χ4n) is 2.15. The fourth-order valence-corrected chi connectivity index (χ4v) is 2.71. The highest BCUT2D eigenvalue weighted by Crippen LogP contribution is 2.25. The van der Waals surface area contributed by atoms with E-state index in [1.165, 1.54) is 0 Å². The molecule has 0 aromatic heterocycles. The molecule has 1 aromatic rings. The number of rotatable bonds is 3. The molecule has 7 heteroatoms. The van der Waals surface area contributed by atoms with Gasteiger partial charge in [-0.15, -0.1) is 0 Å². The first-order valence-electron chi connectivity index (χ1n) is 5.86. The number of benzene rings is 1. The van der Waals surface area contributed by atoms with Crippen LogP contribution in [0.5, 0.6) is 0 Å². The molecule has 0 aliphatic carbocycles. The number of nitrogens with zero attached hydrogens (tertiary/aromatic N) is 1. The first-order valence-corrected chi connectivity index (χ1v) is 6.66. The fraction of sp³-hybridized carbons (Fsp3) is 0.333. The number of hydrogen-bond acceptors (Lipinski definition) is 4. The van der Waals surface area contributed by atoms with Crippen molar-refractivity contribution in [3.05, 3.63) is 28.2 Å². The third-order valence-electron chi connectivity index (χ3n) is 3.12. The van der Waals surface area contributed by atoms with E-state index in [0.29, 0.717) is 23.1 Å². The van der Waals surface area contributed by atoms with E-state index in [1.54, 1.807) is 18.2 Å². The molecule has 1 aliphatic heterocycles. The van der Waals surface area contributed by atoms with Crippen molar-refractivity contribution in [3.8, 4) is 0 Å². The summed E-state index contributed by atoms with van der Waals surface area (Å²) < 4.78 is 0.610. The van der Waals surface area contributed by atoms with Crippen molar-refractivity contribution in [1.82, 2.24) is 5.32 Å². The monoisotopic (exact) mass is 326 g/mol. The molecule has 2 rings (SSSR count). The second-order valence-corrected chi connectivity index (χ2v) is 5.20. The van der Waals surface area contributed by atoms with Crippen LogP contribution in [0, 0.1) is 0 Å². The van der Waals surface area contributed by atoms with Crippen LogP contribution in [-0.4, -0.2) is 37.5 Å². The van der Waals surface area contributed by atoms with E-state index in [9.17, 15) is 9.59 Å². The number of nitrogens with one attached hydrogen (secondary N) is 1. The Hall–Kier alpha value is -1.60. The molecule has 1 aromatic carbocycles. The number of anilines is 1. The lowest BCUT2D eigenvalue weighted by atomic mass is 10.1. The molecule has 0 radical (unpaired) electrons. The molecule has 0 bridgehead atoms. The van der Waals surface area contributed by atoms with Gasteiger partial charge in [-0.3, -0.25) is 9.59 Å². The maximum absolute atomic E-state index is 11.5. The van der Waals surface area contributed by atoms with Gasteiger partial charge in [0.15, 0.2) is 0 Å². The van der Waals surface area contributed by atoms with Gasteiger partial charge in [0.1, 0.15) is 6.04 Å². The van der Waals surface area contributed by atoms with E-state index in [4.69, 9.17) is 11.5 Å². The predicted octanol–water partition coefficient (Wildman–Crippen LogP) is -0.188. The third-order valence-corrected chi connectivity index (χ3v) is 3.78. The van der Waals surface area contributed by atoms with Gasteiger partial charge >= 0.3 is 0 Å². The molecule has 5 N–H and O–H groups in total. The molecule has 0 spiro atoms. The highest BCUT2D eigenvalue weighted by atomic mass is 79.9. The number of primary amides is 2. The van der Waals surface area contributed by atoms with E-state index in [1.807, 2.05) is 4.90 Å². The highest BCUT2D eigenvalue weighted by molar-refractivity contribution is 9.10. The lowest BCUT2D eigenvalue weighted by molar-refractivity contribution is -0.119. The molecule has 1 unspecified atom stereocenters. The largest absolute Gasteiger partial charge is 0.368 e. The Balaban J connectivity index is 2.32. The van der Waals surface area contributed by atoms with Gasteiger partial charge in [-0.05, 0) is 34.1 Å². The van der Waals surface area contributed by atoms with Gasteiger partial charge in [0, 0.05) is 29.8 Å². The first kappa shape index (κ1) is 13.8. The molecule has 19 heavy (non-hydrogen) atoms. The van der Waals surface area contributed by atoms with Crippen LogP contribution in [0.1, 0.15) is 10.4 Å². The SMILES string of the molecule is NC(=O)c1ccc(N2CCNCC2C(N)=O)cc1Br. The molecule has 1 saturated heterocycles. The minimum atomic E-state index is -0.495. The van der Waals surface area contributed by atoms with Crippen LogP contribution < -0.4 is 21.7 Å². The van der Waals surface area contributed by atoms with E-state index in [2.05, 4.69) is 21.2 Å². The summed E-state index contributed by atoms with van der Waals surface area (Å²) in [6.07, 6.45) is 0. The Morgan fingerprint density at radius 1 is 1.37 bits per heavy atom. The van der Waals surface area contributed by atoms with Crippen molar-refractivity contribution >= 4 is 33.4 Å². The van der Waals surface area contributed by atoms with E-state index >= 15 is 0 Å². The van der Waals surface area contributed by atoms with Crippen molar-refractivity contribution in [2.75, 3.05) is 24.5 Å². The van der Waals surface area contributed by atoms with Crippen LogP contribution in [0.25, 0.3) is 0 Å². The second-order valence-electron chi connectivity index (χ2n) is 4.34. The van der Waals surface area contributed by atoms with Crippen molar-refractivity contribution < 1.29 is 9.59 Å². The summed E-state index contributed by atoms with van der Waals surface area (Å²) in [5.74, 6) is -0.868. The van der Waals surface area contributed by atoms with Gasteiger partial charge in [-0.2, -0.15) is 0 Å². The highest BCUT2D eigenvalue weighted by Gasteiger charge is 2.27. The Morgan fingerprint density at radius 3 is 2.68 bits per heavy atom. The maximum Gasteiger partial charge on any atom is 0.249 e. The van der Waals surface area contributed by atoms with Crippen LogP contribution in [-0.2, 0) is 4.79 Å². The van der Waals surface area contributed by atoms with Crippen LogP contribution in [0.4, 0.5) is 5.69 Å². The van der Waals surface area contributed by atoms with Crippen LogP contribution >= 0.6 is 15.9 Å². The third kappa shape index (κ3) is 2.87. The summed E-state index contributed by atoms with van der Waals surface area (Å²) in [6, 6.07) is 4.80. The zero-order valence-electron chi connectivity index (χ0n) is 10.2. The quantitative estimate of drug-likeness (QED) is 0.716. The summed E-state index contributed by atoms with van der Waals surface area (Å²) in [5.41, 5.74) is 11.9. The molecular weight excluding hydrogens is 312 g/mol. The van der Waals surface area contributed by atoms with Gasteiger partial charge in [-0.25, -0.2) is 0 Å². The maximum atomic E-state index is 11.5. The zero-order valence-corrected chi connectivity index (χ0v) is 11.8. The average molecular weight is 327 g/mol. The molecule has 1 heterocycles. The molecule has 1 aliphatic rings. The molecular formula is C12H15BrN4O2. The summed E-state index contributed by atoms with van der Waals surface area (Å²) in [7, 11) is 0. The van der Waals surface area contributed by atoms with Gasteiger partial charge in [0.2, 0.25) is 11.8 Å². The number of piperazine rings is 1. The molecule has 1 fully saturated rings. The summed E-state index contributed by atoms with van der Waals surface area (Å²) in [6.45, 7) is 1.97. The summed E-state index contributed by atoms with van der Waals surface area (Å²) in [5, 5.41) is 3.13. The summed E-state index contributed by atoms with van der Waals surface area (Å²) >= 11 is 3.31. The average Bonchev–Trinajstić information content (AvgIpc) is 2.38. The number of nitrogens with two attached hydrogens (primary N) is 2. The Morgan fingerprint density at radius 2 is 2.11 bits per heavy atom. The van der Waals surface area contributed by atoms with E-state index in [0.717, 1.165) is 12.2 Å². The molecule has 6 nitrogen and oxygen atoms in total. The number of carbonyl (C=O) groups is 2. The van der Waals surface area contributed by atoms with Crippen molar-refractivity contribution in [1.29, 1.82) is 0 Å². The molecule has 0 saturated carbocycles. The predicted molar refractivity (Wildman–Crippen MR) is 75.9 cm³/mol. The van der Waals surface area contributed by atoms with Gasteiger partial charge < -0.3 is 21.7 Å². The molecule has 2 amide bonds. The van der Waals surface area contributed by atoms with E-state index in [-0.39, 0.29) is 11.9 Å². The standard InChI is InChI=1S/C12H15BrN4O2/c13-9-5-7(1-2-8(9)11(14)18)17-4-3-16-6-10(17)12(15)19/h1-2,5,10,16H,3-4,6H2,(H2,14,18)(H2,15,19). The Kier molecular flexibility index (Phi) is 4.06. The molecule has 1 atom stereocenters. The van der Waals surface area contributed by atoms with E-state index < -0.39 is 5.91 Å². The van der Waals surface area contributed by atoms with Crippen LogP contribution in [0.15, 0.2) is 22.7 Å². The first-order chi connectivity index (χ1) is 9.00. The van der Waals surface area contributed by atoms with Crippen molar-refractivity contribution in [2.45, 2.75) is 6.04 Å². The number of halogens is 1. The van der Waals surface area contributed by atoms with Gasteiger partial charge in [0.05, 0.1) is 5.56 Å². The van der Waals surface area contributed by atoms with Gasteiger partial charge in [0.25, 0.3) is 0 Å². The van der Waals surface area contributed by atoms with Crippen LogP contribution in [0.3, 0.4) is 0 Å². The Labute approximate surface area is 119 Å². The second kappa shape index (κ2) is 5.58. The van der Waals surface area contributed by atoms with Crippen LogP contribution in [0.2, 0.25) is 0 Å². The van der Waals surface area contributed by atoms with Crippen molar-refractivity contribution in [3.63, 3.8) is 0 Å². The molecule has 102 valence electrons. The number of amides is 2. The van der Waals surface area contributed by atoms with Gasteiger partial charge in [-0.1, -0.05) is 0 Å². The lowest BCUT2D eigenvalue weighted by Crippen LogP contribution is -2.57. The Bertz CT molecular complexity index is 520. The minimum Gasteiger partial charge on any atom is -0.368 e. The van der Waals surface area contributed by atoms with Crippen molar-refractivity contribution in [2.24, 2.45) is 11.5 Å². The number of hydrogen-bond donors (Lipinski definition) is 3. The zero-order chi connectivity index (χ0) is 14.0. The summed E-state index contributed by atoms with van der Waals surface area (Å²) in [4.78, 5) is 24.6. The minimum absolute atomic E-state index is 0.373. The number of carbonyl (C=O) groups excluding carboxylic acids is 2. The lowest BCUT2D eigenvalue weighted by Gasteiger charge is -2.36. The topological polar surface area (TPSA) is 101 Å².